The Morgan fingerprint density at radius 1 is 1.37 bits per heavy atom. The number of hydrogen-bond acceptors (Lipinski definition) is 3. The largest absolute Gasteiger partial charge is 0.391 e. The second-order valence-electron chi connectivity index (χ2n) is 5.04. The maximum Gasteiger partial charge on any atom is 0.224 e. The highest BCUT2D eigenvalue weighted by Gasteiger charge is 2.17. The summed E-state index contributed by atoms with van der Waals surface area (Å²) in [7, 11) is 0. The third kappa shape index (κ3) is 4.35. The molecular weight excluding hydrogens is 242 g/mol. The number of carbonyl (C=O) groups excluding carboxylic acids is 1. The fourth-order valence-corrected chi connectivity index (χ4v) is 2.28. The fraction of sp³-hybridized carbons (Fsp3) is 0.714. The SMILES string of the molecule is CCC(CC)C(O)CNC(=O)Cc1c(C)n[nH]c1C. The molecule has 0 aliphatic rings. The molecule has 1 amide bonds. The summed E-state index contributed by atoms with van der Waals surface area (Å²) in [5.41, 5.74) is 2.72. The van der Waals surface area contributed by atoms with E-state index in [0.29, 0.717) is 13.0 Å². The van der Waals surface area contributed by atoms with E-state index in [1.807, 2.05) is 13.8 Å². The second kappa shape index (κ2) is 7.28. The van der Waals surface area contributed by atoms with Gasteiger partial charge < -0.3 is 10.4 Å². The minimum absolute atomic E-state index is 0.0717. The van der Waals surface area contributed by atoms with Gasteiger partial charge in [0.1, 0.15) is 0 Å². The van der Waals surface area contributed by atoms with Gasteiger partial charge in [0.05, 0.1) is 18.2 Å². The minimum Gasteiger partial charge on any atom is -0.391 e. The number of rotatable bonds is 7. The standard InChI is InChI=1S/C14H25N3O2/c1-5-11(6-2)13(18)8-15-14(19)7-12-9(3)16-17-10(12)4/h11,13,18H,5-8H2,1-4H3,(H,15,19)(H,16,17). The average molecular weight is 267 g/mol. The lowest BCUT2D eigenvalue weighted by Gasteiger charge is -2.20. The van der Waals surface area contributed by atoms with Crippen LogP contribution in [0.15, 0.2) is 0 Å². The molecule has 3 N–H and O–H groups in total. The second-order valence-corrected chi connectivity index (χ2v) is 5.04. The van der Waals surface area contributed by atoms with Crippen LogP contribution in [0, 0.1) is 19.8 Å². The number of aromatic nitrogens is 2. The highest BCUT2D eigenvalue weighted by atomic mass is 16.3. The van der Waals surface area contributed by atoms with Crippen LogP contribution < -0.4 is 5.32 Å². The van der Waals surface area contributed by atoms with E-state index in [1.54, 1.807) is 0 Å². The molecule has 1 aromatic heterocycles. The van der Waals surface area contributed by atoms with E-state index in [1.165, 1.54) is 0 Å². The Balaban J connectivity index is 2.44. The number of aromatic amines is 1. The Labute approximate surface area is 114 Å². The average Bonchev–Trinajstić information content (AvgIpc) is 2.69. The summed E-state index contributed by atoms with van der Waals surface area (Å²) in [5, 5.41) is 19.7. The number of H-pyrrole nitrogens is 1. The molecule has 19 heavy (non-hydrogen) atoms. The van der Waals surface area contributed by atoms with Crippen LogP contribution in [0.5, 0.6) is 0 Å². The first-order valence-corrected chi connectivity index (χ1v) is 6.94. The van der Waals surface area contributed by atoms with Crippen LogP contribution in [0.2, 0.25) is 0 Å². The maximum absolute atomic E-state index is 11.9. The smallest absolute Gasteiger partial charge is 0.224 e. The van der Waals surface area contributed by atoms with E-state index < -0.39 is 6.10 Å². The van der Waals surface area contributed by atoms with Gasteiger partial charge in [0, 0.05) is 17.8 Å². The zero-order valence-electron chi connectivity index (χ0n) is 12.3. The Morgan fingerprint density at radius 2 is 2.00 bits per heavy atom. The predicted octanol–water partition coefficient (Wildman–Crippen LogP) is 1.48. The van der Waals surface area contributed by atoms with Crippen LogP contribution in [-0.4, -0.2) is 33.9 Å². The van der Waals surface area contributed by atoms with Crippen molar-refractivity contribution in [3.05, 3.63) is 17.0 Å². The predicted molar refractivity (Wildman–Crippen MR) is 74.9 cm³/mol. The summed E-state index contributed by atoms with van der Waals surface area (Å²) in [4.78, 5) is 11.9. The van der Waals surface area contributed by atoms with Gasteiger partial charge in [-0.05, 0) is 19.8 Å². The molecule has 0 saturated carbocycles. The molecule has 5 nitrogen and oxygen atoms in total. The molecular formula is C14H25N3O2. The van der Waals surface area contributed by atoms with E-state index >= 15 is 0 Å². The van der Waals surface area contributed by atoms with Gasteiger partial charge in [-0.1, -0.05) is 26.7 Å². The summed E-state index contributed by atoms with van der Waals surface area (Å²) in [6, 6.07) is 0. The van der Waals surface area contributed by atoms with Gasteiger partial charge in [-0.25, -0.2) is 0 Å². The highest BCUT2D eigenvalue weighted by molar-refractivity contribution is 5.79. The summed E-state index contributed by atoms with van der Waals surface area (Å²) >= 11 is 0. The highest BCUT2D eigenvalue weighted by Crippen LogP contribution is 2.13. The quantitative estimate of drug-likeness (QED) is 0.700. The first-order valence-electron chi connectivity index (χ1n) is 6.94. The maximum atomic E-state index is 11.9. The van der Waals surface area contributed by atoms with Gasteiger partial charge in [-0.3, -0.25) is 9.89 Å². The van der Waals surface area contributed by atoms with E-state index in [9.17, 15) is 9.90 Å². The molecule has 0 aliphatic carbocycles. The van der Waals surface area contributed by atoms with Crippen molar-refractivity contribution in [1.29, 1.82) is 0 Å². The number of carbonyl (C=O) groups is 1. The molecule has 0 radical (unpaired) electrons. The molecule has 1 aromatic rings. The van der Waals surface area contributed by atoms with Crippen molar-refractivity contribution < 1.29 is 9.90 Å². The molecule has 5 heteroatoms. The lowest BCUT2D eigenvalue weighted by Crippen LogP contribution is -2.36. The monoisotopic (exact) mass is 267 g/mol. The molecule has 1 atom stereocenters. The molecule has 0 aliphatic heterocycles. The summed E-state index contributed by atoms with van der Waals surface area (Å²) in [5.74, 6) is 0.176. The van der Waals surface area contributed by atoms with Crippen molar-refractivity contribution >= 4 is 5.91 Å². The summed E-state index contributed by atoms with van der Waals surface area (Å²) in [6.07, 6.45) is 1.69. The Kier molecular flexibility index (Phi) is 6.02. The van der Waals surface area contributed by atoms with Gasteiger partial charge in [-0.2, -0.15) is 5.10 Å². The fourth-order valence-electron chi connectivity index (χ4n) is 2.28. The summed E-state index contributed by atoms with van der Waals surface area (Å²) < 4.78 is 0. The van der Waals surface area contributed by atoms with Crippen molar-refractivity contribution in [1.82, 2.24) is 15.5 Å². The van der Waals surface area contributed by atoms with Gasteiger partial charge in [-0.15, -0.1) is 0 Å². The molecule has 0 aromatic carbocycles. The van der Waals surface area contributed by atoms with Gasteiger partial charge in [0.25, 0.3) is 0 Å². The molecule has 0 fully saturated rings. The topological polar surface area (TPSA) is 78.0 Å². The lowest BCUT2D eigenvalue weighted by molar-refractivity contribution is -0.121. The molecule has 108 valence electrons. The van der Waals surface area contributed by atoms with Crippen LogP contribution in [0.3, 0.4) is 0 Å². The van der Waals surface area contributed by atoms with Gasteiger partial charge >= 0.3 is 0 Å². The molecule has 1 heterocycles. The van der Waals surface area contributed by atoms with Crippen LogP contribution in [-0.2, 0) is 11.2 Å². The number of hydrogen-bond donors (Lipinski definition) is 3. The third-order valence-corrected chi connectivity index (χ3v) is 3.72. The van der Waals surface area contributed by atoms with E-state index in [0.717, 1.165) is 29.8 Å². The molecule has 1 unspecified atom stereocenters. The lowest BCUT2D eigenvalue weighted by atomic mass is 9.96. The number of nitrogens with zero attached hydrogens (tertiary/aromatic N) is 1. The Bertz CT molecular complexity index is 391. The Morgan fingerprint density at radius 3 is 2.47 bits per heavy atom. The molecule has 1 rings (SSSR count). The van der Waals surface area contributed by atoms with Gasteiger partial charge in [0.15, 0.2) is 0 Å². The Hall–Kier alpha value is -1.36. The minimum atomic E-state index is -0.467. The van der Waals surface area contributed by atoms with E-state index in [2.05, 4.69) is 29.4 Å². The number of aliphatic hydroxyl groups is 1. The normalized spacial score (nSPS) is 12.7. The van der Waals surface area contributed by atoms with Crippen molar-refractivity contribution in [2.75, 3.05) is 6.54 Å². The van der Waals surface area contributed by atoms with Crippen molar-refractivity contribution in [3.63, 3.8) is 0 Å². The van der Waals surface area contributed by atoms with Gasteiger partial charge in [0.2, 0.25) is 5.91 Å². The van der Waals surface area contributed by atoms with E-state index in [-0.39, 0.29) is 11.8 Å². The number of aliphatic hydroxyl groups excluding tert-OH is 1. The summed E-state index contributed by atoms with van der Waals surface area (Å²) in [6.45, 7) is 8.21. The van der Waals surface area contributed by atoms with Crippen molar-refractivity contribution in [3.8, 4) is 0 Å². The van der Waals surface area contributed by atoms with Crippen LogP contribution in [0.4, 0.5) is 0 Å². The van der Waals surface area contributed by atoms with Crippen molar-refractivity contribution in [2.24, 2.45) is 5.92 Å². The molecule has 0 bridgehead atoms. The van der Waals surface area contributed by atoms with E-state index in [4.69, 9.17) is 0 Å². The number of nitrogens with one attached hydrogen (secondary N) is 2. The van der Waals surface area contributed by atoms with Crippen LogP contribution >= 0.6 is 0 Å². The molecule has 0 saturated heterocycles. The first-order chi connectivity index (χ1) is 8.99. The number of aryl methyl sites for hydroxylation is 2. The zero-order chi connectivity index (χ0) is 14.4. The first kappa shape index (κ1) is 15.7. The molecule has 0 spiro atoms. The third-order valence-electron chi connectivity index (χ3n) is 3.72. The van der Waals surface area contributed by atoms with Crippen LogP contribution in [0.25, 0.3) is 0 Å². The van der Waals surface area contributed by atoms with Crippen LogP contribution in [0.1, 0.15) is 43.6 Å². The zero-order valence-corrected chi connectivity index (χ0v) is 12.3. The number of amides is 1. The van der Waals surface area contributed by atoms with Crippen molar-refractivity contribution in [2.45, 2.75) is 53.1 Å².